The van der Waals surface area contributed by atoms with Gasteiger partial charge in [0.25, 0.3) is 0 Å². The van der Waals surface area contributed by atoms with Crippen LogP contribution in [0.3, 0.4) is 0 Å². The van der Waals surface area contributed by atoms with Crippen LogP contribution in [-0.4, -0.2) is 73.6 Å². The molecule has 0 N–H and O–H groups in total. The van der Waals surface area contributed by atoms with Crippen LogP contribution in [0.5, 0.6) is 0 Å². The van der Waals surface area contributed by atoms with Gasteiger partial charge in [-0.05, 0) is 25.1 Å². The quantitative estimate of drug-likeness (QED) is 0.807. The van der Waals surface area contributed by atoms with E-state index in [0.717, 1.165) is 12.1 Å². The van der Waals surface area contributed by atoms with Crippen molar-refractivity contribution in [1.82, 2.24) is 9.80 Å². The van der Waals surface area contributed by atoms with Gasteiger partial charge in [0.05, 0.1) is 25.8 Å². The van der Waals surface area contributed by atoms with Crippen molar-refractivity contribution in [3.63, 3.8) is 0 Å². The fourth-order valence-electron chi connectivity index (χ4n) is 3.40. The van der Waals surface area contributed by atoms with E-state index in [1.807, 2.05) is 52.0 Å². The molecule has 0 radical (unpaired) electrons. The standard InChI is InChI=1S/C18H25N3O3/c1-2-19(14-17(22)20-10-12-24-13-11-20)16-8-9-21(18(16)23)15-6-4-3-5-7-15/h3-7,16H,2,8-14H2,1H3/t16-/m1/s1. The first-order valence-electron chi connectivity index (χ1n) is 8.66. The number of amides is 2. The first-order valence-corrected chi connectivity index (χ1v) is 8.66. The summed E-state index contributed by atoms with van der Waals surface area (Å²) < 4.78 is 5.29. The number of likely N-dealkylation sites (N-methyl/N-ethyl adjacent to an activating group) is 1. The Morgan fingerprint density at radius 3 is 2.58 bits per heavy atom. The molecule has 2 heterocycles. The molecule has 6 nitrogen and oxygen atoms in total. The zero-order valence-electron chi connectivity index (χ0n) is 14.2. The monoisotopic (exact) mass is 331 g/mol. The summed E-state index contributed by atoms with van der Waals surface area (Å²) in [5, 5.41) is 0. The fraction of sp³-hybridized carbons (Fsp3) is 0.556. The molecule has 130 valence electrons. The van der Waals surface area contributed by atoms with E-state index in [-0.39, 0.29) is 17.9 Å². The molecule has 1 aromatic rings. The Labute approximate surface area is 143 Å². The third-order valence-electron chi connectivity index (χ3n) is 4.79. The molecule has 2 fully saturated rings. The highest BCUT2D eigenvalue weighted by molar-refractivity contribution is 5.99. The maximum Gasteiger partial charge on any atom is 0.244 e. The number of ether oxygens (including phenoxy) is 1. The van der Waals surface area contributed by atoms with Gasteiger partial charge in [-0.25, -0.2) is 0 Å². The van der Waals surface area contributed by atoms with Crippen molar-refractivity contribution < 1.29 is 14.3 Å². The van der Waals surface area contributed by atoms with E-state index in [4.69, 9.17) is 4.74 Å². The minimum absolute atomic E-state index is 0.0890. The Hall–Kier alpha value is -1.92. The minimum Gasteiger partial charge on any atom is -0.378 e. The van der Waals surface area contributed by atoms with Crippen molar-refractivity contribution in [3.8, 4) is 0 Å². The Balaban J connectivity index is 1.63. The fourth-order valence-corrected chi connectivity index (χ4v) is 3.40. The molecule has 6 heteroatoms. The Morgan fingerprint density at radius 2 is 1.92 bits per heavy atom. The molecule has 1 atom stereocenters. The summed E-state index contributed by atoms with van der Waals surface area (Å²) >= 11 is 0. The summed E-state index contributed by atoms with van der Waals surface area (Å²) in [5.74, 6) is 0.184. The molecule has 24 heavy (non-hydrogen) atoms. The van der Waals surface area contributed by atoms with Gasteiger partial charge in [-0.2, -0.15) is 0 Å². The zero-order valence-corrected chi connectivity index (χ0v) is 14.2. The Bertz CT molecular complexity index is 572. The average molecular weight is 331 g/mol. The van der Waals surface area contributed by atoms with Crippen LogP contribution in [0.2, 0.25) is 0 Å². The summed E-state index contributed by atoms with van der Waals surface area (Å²) in [6.07, 6.45) is 0.762. The van der Waals surface area contributed by atoms with Crippen LogP contribution < -0.4 is 4.90 Å². The summed E-state index contributed by atoms with van der Waals surface area (Å²) in [4.78, 5) is 31.0. The molecule has 2 aliphatic rings. The van der Waals surface area contributed by atoms with Crippen LogP contribution in [0, 0.1) is 0 Å². The highest BCUT2D eigenvalue weighted by Gasteiger charge is 2.37. The van der Waals surface area contributed by atoms with Crippen LogP contribution in [0.15, 0.2) is 30.3 Å². The summed E-state index contributed by atoms with van der Waals surface area (Å²) in [7, 11) is 0. The maximum atomic E-state index is 12.8. The van der Waals surface area contributed by atoms with Gasteiger partial charge in [0.1, 0.15) is 0 Å². The van der Waals surface area contributed by atoms with Gasteiger partial charge in [-0.3, -0.25) is 14.5 Å². The van der Waals surface area contributed by atoms with Crippen molar-refractivity contribution in [2.24, 2.45) is 0 Å². The summed E-state index contributed by atoms with van der Waals surface area (Å²) in [6, 6.07) is 9.52. The third-order valence-corrected chi connectivity index (χ3v) is 4.79. The predicted molar refractivity (Wildman–Crippen MR) is 91.8 cm³/mol. The van der Waals surface area contributed by atoms with E-state index in [0.29, 0.717) is 45.9 Å². The van der Waals surface area contributed by atoms with Gasteiger partial charge < -0.3 is 14.5 Å². The van der Waals surface area contributed by atoms with Gasteiger partial charge in [0.2, 0.25) is 11.8 Å². The number of hydrogen-bond acceptors (Lipinski definition) is 4. The van der Waals surface area contributed by atoms with E-state index in [2.05, 4.69) is 0 Å². The molecule has 1 aromatic carbocycles. The van der Waals surface area contributed by atoms with E-state index >= 15 is 0 Å². The summed E-state index contributed by atoms with van der Waals surface area (Å²) in [6.45, 7) is 6.19. The maximum absolute atomic E-state index is 12.8. The highest BCUT2D eigenvalue weighted by atomic mass is 16.5. The molecule has 3 rings (SSSR count). The zero-order chi connectivity index (χ0) is 16.9. The van der Waals surface area contributed by atoms with Crippen LogP contribution in [-0.2, 0) is 14.3 Å². The number of para-hydroxylation sites is 1. The lowest BCUT2D eigenvalue weighted by Crippen LogP contribution is -2.50. The third kappa shape index (κ3) is 3.60. The number of rotatable bonds is 5. The number of benzene rings is 1. The molecule has 2 saturated heterocycles. The topological polar surface area (TPSA) is 53.1 Å². The number of anilines is 1. The van der Waals surface area contributed by atoms with Gasteiger partial charge in [0, 0.05) is 25.3 Å². The van der Waals surface area contributed by atoms with Gasteiger partial charge in [0.15, 0.2) is 0 Å². The van der Waals surface area contributed by atoms with Crippen LogP contribution >= 0.6 is 0 Å². The Morgan fingerprint density at radius 1 is 1.21 bits per heavy atom. The van der Waals surface area contributed by atoms with E-state index in [1.165, 1.54) is 0 Å². The van der Waals surface area contributed by atoms with E-state index < -0.39 is 0 Å². The molecule has 0 unspecified atom stereocenters. The molecule has 2 aliphatic heterocycles. The molecular weight excluding hydrogens is 306 g/mol. The second-order valence-corrected chi connectivity index (χ2v) is 6.19. The number of morpholine rings is 1. The normalized spacial score (nSPS) is 21.6. The van der Waals surface area contributed by atoms with Crippen molar-refractivity contribution in [2.45, 2.75) is 19.4 Å². The average Bonchev–Trinajstić information content (AvgIpc) is 3.02. The second-order valence-electron chi connectivity index (χ2n) is 6.19. The van der Waals surface area contributed by atoms with E-state index in [1.54, 1.807) is 0 Å². The molecule has 2 amide bonds. The molecular formula is C18H25N3O3. The first-order chi connectivity index (χ1) is 11.7. The van der Waals surface area contributed by atoms with E-state index in [9.17, 15) is 9.59 Å². The number of carbonyl (C=O) groups excluding carboxylic acids is 2. The van der Waals surface area contributed by atoms with Crippen LogP contribution in [0.25, 0.3) is 0 Å². The number of nitrogens with zero attached hydrogens (tertiary/aromatic N) is 3. The Kier molecular flexibility index (Phi) is 5.48. The molecule has 0 bridgehead atoms. The molecule has 0 aliphatic carbocycles. The molecule has 0 saturated carbocycles. The van der Waals surface area contributed by atoms with Gasteiger partial charge in [-0.1, -0.05) is 25.1 Å². The largest absolute Gasteiger partial charge is 0.378 e. The first kappa shape index (κ1) is 16.9. The number of hydrogen-bond donors (Lipinski definition) is 0. The van der Waals surface area contributed by atoms with Crippen molar-refractivity contribution >= 4 is 17.5 Å². The smallest absolute Gasteiger partial charge is 0.244 e. The second kappa shape index (κ2) is 7.77. The minimum atomic E-state index is -0.208. The van der Waals surface area contributed by atoms with Gasteiger partial charge >= 0.3 is 0 Å². The van der Waals surface area contributed by atoms with Crippen LogP contribution in [0.1, 0.15) is 13.3 Å². The molecule has 0 spiro atoms. The summed E-state index contributed by atoms with van der Waals surface area (Å²) in [5.41, 5.74) is 0.931. The van der Waals surface area contributed by atoms with Crippen molar-refractivity contribution in [3.05, 3.63) is 30.3 Å². The predicted octanol–water partition coefficient (Wildman–Crippen LogP) is 0.973. The molecule has 0 aromatic heterocycles. The SMILES string of the molecule is CCN(CC(=O)N1CCOCC1)[C@@H]1CCN(c2ccccc2)C1=O. The number of carbonyl (C=O) groups is 2. The lowest BCUT2D eigenvalue weighted by molar-refractivity contribution is -0.137. The highest BCUT2D eigenvalue weighted by Crippen LogP contribution is 2.24. The van der Waals surface area contributed by atoms with Crippen molar-refractivity contribution in [1.29, 1.82) is 0 Å². The van der Waals surface area contributed by atoms with Crippen molar-refractivity contribution in [2.75, 3.05) is 50.8 Å². The van der Waals surface area contributed by atoms with Gasteiger partial charge in [-0.15, -0.1) is 0 Å². The van der Waals surface area contributed by atoms with Crippen LogP contribution in [0.4, 0.5) is 5.69 Å². The lowest BCUT2D eigenvalue weighted by Gasteiger charge is -2.31. The lowest BCUT2D eigenvalue weighted by atomic mass is 10.2.